The van der Waals surface area contributed by atoms with E-state index in [1.807, 2.05) is 30.5 Å². The standard InChI is InChI=1S/C15H18N2O3/c18-14(17-20-15-7-3-4-8-19-15)9-11-10-16-13-6-2-1-5-12(11)13/h1-2,5-6,10,15-16H,3-4,7-9H2,(H,17,18). The van der Waals surface area contributed by atoms with Crippen molar-refractivity contribution in [1.29, 1.82) is 0 Å². The van der Waals surface area contributed by atoms with Gasteiger partial charge in [0.15, 0.2) is 6.29 Å². The van der Waals surface area contributed by atoms with Crippen LogP contribution < -0.4 is 5.48 Å². The molecule has 0 radical (unpaired) electrons. The Bertz CT molecular complexity index is 588. The molecule has 1 unspecified atom stereocenters. The lowest BCUT2D eigenvalue weighted by Gasteiger charge is -2.22. The molecule has 0 spiro atoms. The van der Waals surface area contributed by atoms with Gasteiger partial charge in [-0.1, -0.05) is 18.2 Å². The number of para-hydroxylation sites is 1. The second kappa shape index (κ2) is 6.07. The SMILES string of the molecule is O=C(Cc1c[nH]c2ccccc12)NOC1CCCCO1. The largest absolute Gasteiger partial charge is 0.361 e. The molecule has 3 rings (SSSR count). The lowest BCUT2D eigenvalue weighted by atomic mass is 10.1. The molecule has 2 N–H and O–H groups in total. The Morgan fingerprint density at radius 2 is 2.30 bits per heavy atom. The van der Waals surface area contributed by atoms with Crippen LogP contribution in [0.4, 0.5) is 0 Å². The van der Waals surface area contributed by atoms with Crippen molar-refractivity contribution < 1.29 is 14.4 Å². The van der Waals surface area contributed by atoms with Gasteiger partial charge in [0.2, 0.25) is 5.91 Å². The zero-order valence-corrected chi connectivity index (χ0v) is 11.2. The van der Waals surface area contributed by atoms with Crippen LogP contribution in [0.1, 0.15) is 24.8 Å². The Kier molecular flexibility index (Phi) is 3.99. The molecule has 20 heavy (non-hydrogen) atoms. The Morgan fingerprint density at radius 3 is 3.15 bits per heavy atom. The molecule has 1 saturated heterocycles. The Morgan fingerprint density at radius 1 is 1.40 bits per heavy atom. The average molecular weight is 274 g/mol. The van der Waals surface area contributed by atoms with Crippen molar-refractivity contribution in [3.8, 4) is 0 Å². The monoisotopic (exact) mass is 274 g/mol. The van der Waals surface area contributed by atoms with Crippen LogP contribution in [-0.2, 0) is 20.8 Å². The highest BCUT2D eigenvalue weighted by Gasteiger charge is 2.16. The molecule has 2 heterocycles. The minimum Gasteiger partial charge on any atom is -0.361 e. The van der Waals surface area contributed by atoms with Crippen LogP contribution in [0.3, 0.4) is 0 Å². The number of H-pyrrole nitrogens is 1. The summed E-state index contributed by atoms with van der Waals surface area (Å²) < 4.78 is 5.39. The predicted octanol–water partition coefficient (Wildman–Crippen LogP) is 2.28. The molecule has 5 nitrogen and oxygen atoms in total. The number of rotatable bonds is 4. The summed E-state index contributed by atoms with van der Waals surface area (Å²) in [5.41, 5.74) is 4.48. The first kappa shape index (κ1) is 13.1. The fraction of sp³-hybridized carbons (Fsp3) is 0.400. The van der Waals surface area contributed by atoms with Gasteiger partial charge >= 0.3 is 0 Å². The molecule has 1 aliphatic rings. The van der Waals surface area contributed by atoms with Crippen LogP contribution in [0.25, 0.3) is 10.9 Å². The van der Waals surface area contributed by atoms with E-state index < -0.39 is 0 Å². The van der Waals surface area contributed by atoms with Gasteiger partial charge in [-0.2, -0.15) is 0 Å². The van der Waals surface area contributed by atoms with Crippen LogP contribution in [0, 0.1) is 0 Å². The summed E-state index contributed by atoms with van der Waals surface area (Å²) in [4.78, 5) is 20.3. The molecule has 2 aromatic rings. The van der Waals surface area contributed by atoms with E-state index in [1.165, 1.54) is 0 Å². The number of carbonyl (C=O) groups excluding carboxylic acids is 1. The fourth-order valence-corrected chi connectivity index (χ4v) is 2.42. The van der Waals surface area contributed by atoms with Crippen molar-refractivity contribution in [2.24, 2.45) is 0 Å². The number of hydrogen-bond acceptors (Lipinski definition) is 3. The van der Waals surface area contributed by atoms with Gasteiger partial charge in [-0.25, -0.2) is 10.3 Å². The Balaban J connectivity index is 1.55. The molecule has 1 aliphatic heterocycles. The Hall–Kier alpha value is -1.85. The van der Waals surface area contributed by atoms with Gasteiger partial charge in [-0.3, -0.25) is 4.79 Å². The summed E-state index contributed by atoms with van der Waals surface area (Å²) >= 11 is 0. The summed E-state index contributed by atoms with van der Waals surface area (Å²) in [6.07, 6.45) is 4.80. The molecular formula is C15H18N2O3. The zero-order chi connectivity index (χ0) is 13.8. The highest BCUT2D eigenvalue weighted by atomic mass is 16.8. The molecule has 1 aromatic heterocycles. The topological polar surface area (TPSA) is 63.4 Å². The summed E-state index contributed by atoms with van der Waals surface area (Å²) in [6, 6.07) is 7.92. The van der Waals surface area contributed by atoms with Crippen LogP contribution in [-0.4, -0.2) is 23.8 Å². The average Bonchev–Trinajstić information content (AvgIpc) is 2.90. The van der Waals surface area contributed by atoms with Crippen molar-refractivity contribution >= 4 is 16.8 Å². The number of aromatic amines is 1. The van der Waals surface area contributed by atoms with E-state index in [4.69, 9.17) is 9.57 Å². The number of hydroxylamine groups is 1. The molecule has 1 aromatic carbocycles. The van der Waals surface area contributed by atoms with Crippen molar-refractivity contribution in [2.75, 3.05) is 6.61 Å². The van der Waals surface area contributed by atoms with Crippen molar-refractivity contribution in [1.82, 2.24) is 10.5 Å². The van der Waals surface area contributed by atoms with E-state index >= 15 is 0 Å². The smallest absolute Gasteiger partial charge is 0.248 e. The number of fused-ring (bicyclic) bond motifs is 1. The van der Waals surface area contributed by atoms with Gasteiger partial charge in [-0.15, -0.1) is 0 Å². The summed E-state index contributed by atoms with van der Waals surface area (Å²) in [5.74, 6) is -0.163. The first-order valence-electron chi connectivity index (χ1n) is 6.94. The molecule has 5 heteroatoms. The third kappa shape index (κ3) is 3.00. The first-order valence-corrected chi connectivity index (χ1v) is 6.94. The third-order valence-electron chi connectivity index (χ3n) is 3.47. The van der Waals surface area contributed by atoms with Gasteiger partial charge in [0, 0.05) is 30.1 Å². The van der Waals surface area contributed by atoms with E-state index in [0.29, 0.717) is 6.61 Å². The van der Waals surface area contributed by atoms with E-state index in [9.17, 15) is 4.79 Å². The number of ether oxygens (including phenoxy) is 1. The normalized spacial score (nSPS) is 19.1. The molecule has 1 fully saturated rings. The van der Waals surface area contributed by atoms with Gasteiger partial charge in [0.05, 0.1) is 6.42 Å². The minimum absolute atomic E-state index is 0.163. The number of aromatic nitrogens is 1. The van der Waals surface area contributed by atoms with Crippen molar-refractivity contribution in [3.05, 3.63) is 36.0 Å². The number of amides is 1. The number of hydrogen-bond donors (Lipinski definition) is 2. The van der Waals surface area contributed by atoms with Gasteiger partial charge in [0.25, 0.3) is 0 Å². The van der Waals surface area contributed by atoms with Crippen LogP contribution in [0.2, 0.25) is 0 Å². The summed E-state index contributed by atoms with van der Waals surface area (Å²) in [5, 5.41) is 1.07. The van der Waals surface area contributed by atoms with Crippen LogP contribution >= 0.6 is 0 Å². The van der Waals surface area contributed by atoms with Gasteiger partial charge < -0.3 is 9.72 Å². The third-order valence-corrected chi connectivity index (χ3v) is 3.47. The van der Waals surface area contributed by atoms with E-state index in [1.54, 1.807) is 0 Å². The second-order valence-corrected chi connectivity index (χ2v) is 4.98. The molecule has 1 amide bonds. The van der Waals surface area contributed by atoms with Gasteiger partial charge in [-0.05, 0) is 24.5 Å². The van der Waals surface area contributed by atoms with Crippen LogP contribution in [0.15, 0.2) is 30.5 Å². The van der Waals surface area contributed by atoms with E-state index in [0.717, 1.165) is 35.7 Å². The highest BCUT2D eigenvalue weighted by Crippen LogP contribution is 2.18. The zero-order valence-electron chi connectivity index (χ0n) is 11.2. The maximum Gasteiger partial charge on any atom is 0.248 e. The molecule has 0 saturated carbocycles. The van der Waals surface area contributed by atoms with Crippen molar-refractivity contribution in [3.63, 3.8) is 0 Å². The predicted molar refractivity (Wildman–Crippen MR) is 74.8 cm³/mol. The molecule has 0 aliphatic carbocycles. The number of nitrogens with one attached hydrogen (secondary N) is 2. The summed E-state index contributed by atoms with van der Waals surface area (Å²) in [6.45, 7) is 0.697. The summed E-state index contributed by atoms with van der Waals surface area (Å²) in [7, 11) is 0. The number of carbonyl (C=O) groups is 1. The van der Waals surface area contributed by atoms with E-state index in [-0.39, 0.29) is 18.6 Å². The maximum absolute atomic E-state index is 11.9. The lowest BCUT2D eigenvalue weighted by molar-refractivity contribution is -0.200. The minimum atomic E-state index is -0.310. The maximum atomic E-state index is 11.9. The fourth-order valence-electron chi connectivity index (χ4n) is 2.42. The second-order valence-electron chi connectivity index (χ2n) is 4.98. The molecule has 1 atom stereocenters. The first-order chi connectivity index (χ1) is 9.83. The molecular weight excluding hydrogens is 256 g/mol. The molecule has 0 bridgehead atoms. The lowest BCUT2D eigenvalue weighted by Crippen LogP contribution is -2.33. The Labute approximate surface area is 117 Å². The van der Waals surface area contributed by atoms with E-state index in [2.05, 4.69) is 10.5 Å². The number of benzene rings is 1. The van der Waals surface area contributed by atoms with Crippen LogP contribution in [0.5, 0.6) is 0 Å². The highest BCUT2D eigenvalue weighted by molar-refractivity contribution is 5.88. The van der Waals surface area contributed by atoms with Crippen molar-refractivity contribution in [2.45, 2.75) is 32.0 Å². The van der Waals surface area contributed by atoms with Gasteiger partial charge in [0.1, 0.15) is 0 Å². The molecule has 106 valence electrons. The quantitative estimate of drug-likeness (QED) is 0.841.